The van der Waals surface area contributed by atoms with Gasteiger partial charge in [0.1, 0.15) is 5.67 Å². The van der Waals surface area contributed by atoms with Crippen molar-refractivity contribution in [1.29, 1.82) is 0 Å². The van der Waals surface area contributed by atoms with Crippen LogP contribution in [-0.4, -0.2) is 66.4 Å². The first-order valence-electron chi connectivity index (χ1n) is 9.51. The lowest BCUT2D eigenvalue weighted by Gasteiger charge is -2.35. The summed E-state index contributed by atoms with van der Waals surface area (Å²) in [5, 5.41) is 2.80. The molecule has 0 aromatic rings. The van der Waals surface area contributed by atoms with E-state index < -0.39 is 39.4 Å². The van der Waals surface area contributed by atoms with E-state index >= 15 is 0 Å². The van der Waals surface area contributed by atoms with Crippen molar-refractivity contribution in [2.45, 2.75) is 79.4 Å². The molecule has 0 saturated carbocycles. The van der Waals surface area contributed by atoms with Gasteiger partial charge in [0.25, 0.3) is 0 Å². The van der Waals surface area contributed by atoms with Crippen molar-refractivity contribution < 1.29 is 37.0 Å². The molecule has 0 radical (unpaired) electrons. The summed E-state index contributed by atoms with van der Waals surface area (Å²) in [4.78, 5) is 12.3. The number of carbonyl (C=O) groups is 1. The summed E-state index contributed by atoms with van der Waals surface area (Å²) in [6.07, 6.45) is -1.92. The molecular formula is C17H37NO8Si. The van der Waals surface area contributed by atoms with Crippen LogP contribution in [0.15, 0.2) is 0 Å². The Labute approximate surface area is 164 Å². The number of hydrogen-bond donors (Lipinski definition) is 1. The van der Waals surface area contributed by atoms with Gasteiger partial charge in [-0.2, -0.15) is 0 Å². The number of amides is 1. The highest BCUT2D eigenvalue weighted by Crippen LogP contribution is 2.18. The van der Waals surface area contributed by atoms with E-state index in [4.69, 9.17) is 32.2 Å². The fraction of sp³-hybridized carbons (Fsp3) is 0.941. The number of alkyl carbamates (subject to hydrolysis) is 1. The van der Waals surface area contributed by atoms with Crippen LogP contribution in [-0.2, 0) is 32.2 Å². The highest BCUT2D eigenvalue weighted by molar-refractivity contribution is 6.62. The molecule has 10 heteroatoms. The molecule has 0 rings (SSSR count). The molecule has 0 spiro atoms. The zero-order valence-electron chi connectivity index (χ0n) is 17.9. The molecule has 0 heterocycles. The monoisotopic (exact) mass is 411 g/mol. The Bertz CT molecular complexity index is 384. The van der Waals surface area contributed by atoms with Gasteiger partial charge >= 0.3 is 14.9 Å². The predicted molar refractivity (Wildman–Crippen MR) is 102 cm³/mol. The molecule has 0 aliphatic carbocycles. The molecule has 4 unspecified atom stereocenters. The number of ether oxygens (including phenoxy) is 4. The lowest BCUT2D eigenvalue weighted by molar-refractivity contribution is -0.264. The molecule has 1 N–H and O–H groups in total. The van der Waals surface area contributed by atoms with Gasteiger partial charge in [-0.1, -0.05) is 6.92 Å². The first-order chi connectivity index (χ1) is 12.8. The zero-order chi connectivity index (χ0) is 20.9. The van der Waals surface area contributed by atoms with Gasteiger partial charge in [-0.3, -0.25) is 0 Å². The van der Waals surface area contributed by atoms with Crippen molar-refractivity contribution in [2.24, 2.45) is 0 Å². The van der Waals surface area contributed by atoms with E-state index in [1.807, 2.05) is 27.7 Å². The van der Waals surface area contributed by atoms with E-state index in [1.54, 1.807) is 20.8 Å². The van der Waals surface area contributed by atoms with E-state index in [1.165, 1.54) is 7.11 Å². The van der Waals surface area contributed by atoms with Gasteiger partial charge in [0.2, 0.25) is 6.29 Å². The second-order valence-corrected chi connectivity index (χ2v) is 8.39. The quantitative estimate of drug-likeness (QED) is 0.325. The van der Waals surface area contributed by atoms with Crippen molar-refractivity contribution in [3.05, 3.63) is 0 Å². The number of carbonyl (C=O) groups excluding carboxylic acids is 1. The van der Waals surface area contributed by atoms with Crippen LogP contribution in [0.4, 0.5) is 4.79 Å². The van der Waals surface area contributed by atoms with E-state index in [-0.39, 0.29) is 0 Å². The summed E-state index contributed by atoms with van der Waals surface area (Å²) >= 11 is 0. The maximum Gasteiger partial charge on any atom is 0.524 e. The van der Waals surface area contributed by atoms with Gasteiger partial charge in [-0.25, -0.2) is 4.79 Å². The average molecular weight is 412 g/mol. The molecule has 0 aromatic heterocycles. The molecule has 0 aliphatic rings. The fourth-order valence-electron chi connectivity index (χ4n) is 2.45. The average Bonchev–Trinajstić information content (AvgIpc) is 2.59. The fourth-order valence-corrected chi connectivity index (χ4v) is 5.31. The van der Waals surface area contributed by atoms with Crippen LogP contribution in [0.25, 0.3) is 0 Å². The van der Waals surface area contributed by atoms with Gasteiger partial charge in [-0.15, -0.1) is 0 Å². The predicted octanol–water partition coefficient (Wildman–Crippen LogP) is 2.80. The summed E-state index contributed by atoms with van der Waals surface area (Å²) in [6, 6.07) is 0. The van der Waals surface area contributed by atoms with E-state index in [0.717, 1.165) is 0 Å². The maximum atomic E-state index is 12.3. The molecule has 9 nitrogen and oxygen atoms in total. The van der Waals surface area contributed by atoms with Crippen LogP contribution >= 0.6 is 0 Å². The minimum atomic E-state index is -3.09. The van der Waals surface area contributed by atoms with Gasteiger partial charge in [0.05, 0.1) is 0 Å². The van der Waals surface area contributed by atoms with Crippen molar-refractivity contribution in [3.63, 3.8) is 0 Å². The molecule has 1 amide bonds. The summed E-state index contributed by atoms with van der Waals surface area (Å²) in [5.74, 6) is 0. The minimum absolute atomic E-state index is 0.422. The number of rotatable bonds is 15. The lowest BCUT2D eigenvalue weighted by atomic mass is 10.5. The maximum absolute atomic E-state index is 12.3. The molecule has 4 atom stereocenters. The van der Waals surface area contributed by atoms with E-state index in [2.05, 4.69) is 5.32 Å². The van der Waals surface area contributed by atoms with Crippen LogP contribution in [0.2, 0.25) is 0 Å². The van der Waals surface area contributed by atoms with Crippen molar-refractivity contribution in [3.8, 4) is 0 Å². The third kappa shape index (κ3) is 9.83. The van der Waals surface area contributed by atoms with Crippen molar-refractivity contribution in [1.82, 2.24) is 5.32 Å². The van der Waals surface area contributed by atoms with Crippen LogP contribution in [0, 0.1) is 0 Å². The SMILES string of the molecule is CCO[Si](OCC)(OCC)C(CC)NC(=O)OC(C)OC(C)OC(C)OC. The Hall–Kier alpha value is -0.753. The van der Waals surface area contributed by atoms with Gasteiger partial charge in [-0.05, 0) is 48.0 Å². The molecule has 27 heavy (non-hydrogen) atoms. The standard InChI is InChI=1S/C17H37NO8Si/c1-9-16(27(21-10-2,22-11-3)23-12-4)18-17(19)26-15(7)25-14(6)24-13(5)20-8/h13-16H,9-12H2,1-8H3,(H,18,19). The summed E-state index contributed by atoms with van der Waals surface area (Å²) < 4.78 is 38.7. The molecule has 0 saturated heterocycles. The second-order valence-electron chi connectivity index (χ2n) is 5.62. The number of methoxy groups -OCH3 is 1. The second kappa shape index (κ2) is 14.3. The number of nitrogens with one attached hydrogen (secondary N) is 1. The lowest BCUT2D eigenvalue weighted by Crippen LogP contribution is -2.63. The van der Waals surface area contributed by atoms with Gasteiger partial charge < -0.3 is 37.5 Å². The van der Waals surface area contributed by atoms with Crippen LogP contribution in [0.3, 0.4) is 0 Å². The summed E-state index contributed by atoms with van der Waals surface area (Å²) in [6.45, 7) is 13.8. The third-order valence-electron chi connectivity index (χ3n) is 3.54. The van der Waals surface area contributed by atoms with Crippen molar-refractivity contribution in [2.75, 3.05) is 26.9 Å². The van der Waals surface area contributed by atoms with Gasteiger partial charge in [0, 0.05) is 26.9 Å². The van der Waals surface area contributed by atoms with Crippen molar-refractivity contribution >= 4 is 14.9 Å². The molecule has 0 aromatic carbocycles. The first-order valence-corrected chi connectivity index (χ1v) is 11.3. The Balaban J connectivity index is 4.84. The number of hydrogen-bond acceptors (Lipinski definition) is 8. The summed E-state index contributed by atoms with van der Waals surface area (Å²) in [5.41, 5.74) is -0.431. The minimum Gasteiger partial charge on any atom is -0.420 e. The van der Waals surface area contributed by atoms with E-state index in [9.17, 15) is 4.79 Å². The highest BCUT2D eigenvalue weighted by atomic mass is 28.4. The Morgan fingerprint density at radius 1 is 0.852 bits per heavy atom. The molecule has 0 fully saturated rings. The van der Waals surface area contributed by atoms with Crippen LogP contribution in [0.5, 0.6) is 0 Å². The largest absolute Gasteiger partial charge is 0.524 e. The van der Waals surface area contributed by atoms with Gasteiger partial charge in [0.15, 0.2) is 12.6 Å². The highest BCUT2D eigenvalue weighted by Gasteiger charge is 2.49. The van der Waals surface area contributed by atoms with Crippen LogP contribution in [0.1, 0.15) is 54.9 Å². The molecular weight excluding hydrogens is 374 g/mol. The first kappa shape index (κ1) is 26.2. The summed E-state index contributed by atoms with van der Waals surface area (Å²) in [7, 11) is -1.56. The normalized spacial score (nSPS) is 16.4. The Morgan fingerprint density at radius 3 is 1.74 bits per heavy atom. The molecule has 0 aliphatic heterocycles. The molecule has 0 bridgehead atoms. The topological polar surface area (TPSA) is 93.7 Å². The zero-order valence-corrected chi connectivity index (χ0v) is 18.9. The molecule has 162 valence electrons. The smallest absolute Gasteiger partial charge is 0.420 e. The van der Waals surface area contributed by atoms with E-state index in [0.29, 0.717) is 26.2 Å². The van der Waals surface area contributed by atoms with Crippen LogP contribution < -0.4 is 5.32 Å². The Kier molecular flexibility index (Phi) is 13.9. The third-order valence-corrected chi connectivity index (χ3v) is 7.01. The Morgan fingerprint density at radius 2 is 1.33 bits per heavy atom.